The van der Waals surface area contributed by atoms with Gasteiger partial charge in [-0.1, -0.05) is 29.8 Å². The molecule has 0 aromatic heterocycles. The fourth-order valence-corrected chi connectivity index (χ4v) is 5.07. The van der Waals surface area contributed by atoms with Crippen molar-refractivity contribution in [3.63, 3.8) is 0 Å². The molecule has 0 heterocycles. The highest BCUT2D eigenvalue weighted by molar-refractivity contribution is 8.09. The molecule has 1 aromatic rings. The Kier molecular flexibility index (Phi) is 4.61. The Hall–Kier alpha value is -1.30. The first-order valence-corrected chi connectivity index (χ1v) is 8.38. The van der Waals surface area contributed by atoms with Crippen molar-refractivity contribution in [2.24, 2.45) is 0 Å². The molecule has 126 valence electrons. The van der Waals surface area contributed by atoms with Gasteiger partial charge >= 0.3 is 11.0 Å². The maximum Gasteiger partial charge on any atom is 0.499 e. The zero-order valence-electron chi connectivity index (χ0n) is 10.6. The molecular formula is C10H8F6O4S2. The van der Waals surface area contributed by atoms with Crippen LogP contribution in [0, 0.1) is 6.92 Å². The summed E-state index contributed by atoms with van der Waals surface area (Å²) >= 11 is 0. The molecule has 0 aliphatic rings. The average Bonchev–Trinajstić information content (AvgIpc) is 2.24. The van der Waals surface area contributed by atoms with Crippen molar-refractivity contribution in [1.29, 1.82) is 0 Å². The highest BCUT2D eigenvalue weighted by Crippen LogP contribution is 2.44. The molecule has 1 aromatic carbocycles. The zero-order chi connectivity index (χ0) is 17.6. The van der Waals surface area contributed by atoms with Crippen LogP contribution >= 0.6 is 0 Å². The second-order valence-electron chi connectivity index (χ2n) is 4.23. The van der Waals surface area contributed by atoms with Gasteiger partial charge in [-0.2, -0.15) is 26.3 Å². The summed E-state index contributed by atoms with van der Waals surface area (Å²) in [6.07, 6.45) is 0. The smallest absolute Gasteiger partial charge is 0.218 e. The van der Waals surface area contributed by atoms with Gasteiger partial charge in [0.15, 0.2) is 0 Å². The monoisotopic (exact) mass is 370 g/mol. The van der Waals surface area contributed by atoms with E-state index in [4.69, 9.17) is 0 Å². The summed E-state index contributed by atoms with van der Waals surface area (Å²) in [7, 11) is -13.3. The summed E-state index contributed by atoms with van der Waals surface area (Å²) in [5.41, 5.74) is -13.4. The summed E-state index contributed by atoms with van der Waals surface area (Å²) < 4.78 is 117. The first-order chi connectivity index (χ1) is 9.62. The van der Waals surface area contributed by atoms with Crippen molar-refractivity contribution < 1.29 is 43.2 Å². The van der Waals surface area contributed by atoms with Crippen LogP contribution in [0.1, 0.15) is 15.7 Å². The van der Waals surface area contributed by atoms with E-state index < -0.39 is 40.8 Å². The van der Waals surface area contributed by atoms with Gasteiger partial charge in [0.25, 0.3) is 19.7 Å². The lowest BCUT2D eigenvalue weighted by atomic mass is 10.2. The minimum Gasteiger partial charge on any atom is -0.218 e. The summed E-state index contributed by atoms with van der Waals surface area (Å²) in [4.78, 5) is 0. The minimum atomic E-state index is -6.66. The Balaban J connectivity index is 3.78. The lowest BCUT2D eigenvalue weighted by Gasteiger charge is -2.21. The highest BCUT2D eigenvalue weighted by Gasteiger charge is 2.63. The molecule has 0 amide bonds. The summed E-state index contributed by atoms with van der Waals surface area (Å²) in [6.45, 7) is 1.25. The van der Waals surface area contributed by atoms with Crippen molar-refractivity contribution in [3.8, 4) is 0 Å². The standard InChI is InChI=1S/C10H8F6O4S2/c1-6-3-2-4-7(5-6)8(21(17,18)9(11,12)13)22(19,20)10(14,15)16/h2-5,8H,1H3. The predicted octanol–water partition coefficient (Wildman–Crippen LogP) is 2.86. The molecule has 0 unspecified atom stereocenters. The topological polar surface area (TPSA) is 68.3 Å². The van der Waals surface area contributed by atoms with Crippen LogP contribution in [0.4, 0.5) is 26.3 Å². The molecule has 0 saturated carbocycles. The van der Waals surface area contributed by atoms with E-state index in [0.717, 1.165) is 6.07 Å². The maximum atomic E-state index is 12.6. The van der Waals surface area contributed by atoms with Crippen LogP contribution in [0.2, 0.25) is 0 Å². The predicted molar refractivity (Wildman–Crippen MR) is 63.9 cm³/mol. The molecule has 4 nitrogen and oxygen atoms in total. The van der Waals surface area contributed by atoms with Crippen LogP contribution in [-0.4, -0.2) is 27.9 Å². The second kappa shape index (κ2) is 5.41. The van der Waals surface area contributed by atoms with Crippen molar-refractivity contribution in [2.45, 2.75) is 22.5 Å². The summed E-state index contributed by atoms with van der Waals surface area (Å²) in [5.74, 6) is 0. The zero-order valence-corrected chi connectivity index (χ0v) is 12.2. The van der Waals surface area contributed by atoms with E-state index >= 15 is 0 Å². The summed E-state index contributed by atoms with van der Waals surface area (Å²) in [6, 6.07) is 3.41. The van der Waals surface area contributed by atoms with Gasteiger partial charge in [-0.3, -0.25) is 0 Å². The molecule has 0 N–H and O–H groups in total. The lowest BCUT2D eigenvalue weighted by Crippen LogP contribution is -2.39. The first kappa shape index (κ1) is 18.7. The van der Waals surface area contributed by atoms with Crippen LogP contribution in [0.25, 0.3) is 0 Å². The number of sulfone groups is 2. The number of alkyl halides is 6. The second-order valence-corrected chi connectivity index (χ2v) is 8.57. The number of halogens is 6. The Bertz CT molecular complexity index is 717. The van der Waals surface area contributed by atoms with Crippen LogP contribution in [-0.2, 0) is 19.7 Å². The molecule has 0 spiro atoms. The number of hydrogen-bond donors (Lipinski definition) is 0. The van der Waals surface area contributed by atoms with Crippen LogP contribution < -0.4 is 0 Å². The SMILES string of the molecule is Cc1cccc(C(S(=O)(=O)C(F)(F)F)S(=O)(=O)C(F)(F)F)c1. The van der Waals surface area contributed by atoms with Gasteiger partial charge in [-0.25, -0.2) is 16.8 Å². The third-order valence-electron chi connectivity index (χ3n) is 2.52. The number of hydrogen-bond acceptors (Lipinski definition) is 4. The quantitative estimate of drug-likeness (QED) is 0.768. The molecule has 1 rings (SSSR count). The van der Waals surface area contributed by atoms with Gasteiger partial charge in [-0.15, -0.1) is 0 Å². The maximum absolute atomic E-state index is 12.6. The van der Waals surface area contributed by atoms with Gasteiger partial charge < -0.3 is 0 Å². The van der Waals surface area contributed by atoms with E-state index in [1.54, 1.807) is 0 Å². The normalized spacial score (nSPS) is 14.4. The van der Waals surface area contributed by atoms with Gasteiger partial charge in [0.2, 0.25) is 4.58 Å². The lowest BCUT2D eigenvalue weighted by molar-refractivity contribution is -0.0472. The highest BCUT2D eigenvalue weighted by atomic mass is 32.3. The first-order valence-electron chi connectivity index (χ1n) is 5.29. The third kappa shape index (κ3) is 3.21. The number of aryl methyl sites for hydroxylation is 1. The molecule has 0 aliphatic carbocycles. The molecule has 0 atom stereocenters. The minimum absolute atomic E-state index is 0.0947. The third-order valence-corrected chi connectivity index (χ3v) is 7.01. The van der Waals surface area contributed by atoms with E-state index in [2.05, 4.69) is 0 Å². The van der Waals surface area contributed by atoms with Gasteiger partial charge in [0, 0.05) is 0 Å². The molecule has 0 aliphatic heterocycles. The molecule has 0 fully saturated rings. The van der Waals surface area contributed by atoms with Gasteiger partial charge in [0.05, 0.1) is 0 Å². The van der Waals surface area contributed by atoms with Crippen LogP contribution in [0.15, 0.2) is 24.3 Å². The number of rotatable bonds is 3. The largest absolute Gasteiger partial charge is 0.499 e. The van der Waals surface area contributed by atoms with Gasteiger partial charge in [0.1, 0.15) is 0 Å². The van der Waals surface area contributed by atoms with Crippen molar-refractivity contribution in [2.75, 3.05) is 0 Å². The van der Waals surface area contributed by atoms with E-state index in [1.807, 2.05) is 0 Å². The van der Waals surface area contributed by atoms with Crippen molar-refractivity contribution in [1.82, 2.24) is 0 Å². The summed E-state index contributed by atoms with van der Waals surface area (Å²) in [5, 5.41) is 0. The Morgan fingerprint density at radius 2 is 1.27 bits per heavy atom. The van der Waals surface area contributed by atoms with E-state index in [9.17, 15) is 43.2 Å². The molecule has 22 heavy (non-hydrogen) atoms. The van der Waals surface area contributed by atoms with Crippen molar-refractivity contribution in [3.05, 3.63) is 35.4 Å². The van der Waals surface area contributed by atoms with E-state index in [-0.39, 0.29) is 5.56 Å². The molecule has 12 heteroatoms. The van der Waals surface area contributed by atoms with E-state index in [0.29, 0.717) is 12.1 Å². The molecule has 0 bridgehead atoms. The van der Waals surface area contributed by atoms with Crippen LogP contribution in [0.5, 0.6) is 0 Å². The Morgan fingerprint density at radius 1 is 0.864 bits per heavy atom. The number of benzene rings is 1. The fraction of sp³-hybridized carbons (Fsp3) is 0.400. The molecule has 0 saturated heterocycles. The van der Waals surface area contributed by atoms with Crippen LogP contribution in [0.3, 0.4) is 0 Å². The Morgan fingerprint density at radius 3 is 1.59 bits per heavy atom. The molecular weight excluding hydrogens is 362 g/mol. The molecule has 0 radical (unpaired) electrons. The van der Waals surface area contributed by atoms with E-state index in [1.165, 1.54) is 13.0 Å². The fourth-order valence-electron chi connectivity index (χ4n) is 1.58. The Labute approximate surface area is 121 Å². The average molecular weight is 370 g/mol. The van der Waals surface area contributed by atoms with Gasteiger partial charge in [-0.05, 0) is 12.5 Å². The van der Waals surface area contributed by atoms with Crippen molar-refractivity contribution >= 4 is 19.7 Å².